The fourth-order valence-electron chi connectivity index (χ4n) is 3.61. The number of nitrogens with zero attached hydrogens (tertiary/aromatic N) is 3. The third-order valence-corrected chi connectivity index (χ3v) is 5.08. The maximum Gasteiger partial charge on any atom is 0.119 e. The Balaban J connectivity index is 1.81. The van der Waals surface area contributed by atoms with Crippen molar-refractivity contribution in [3.8, 4) is 11.4 Å². The van der Waals surface area contributed by atoms with Crippen LogP contribution in [0.25, 0.3) is 16.7 Å². The predicted molar refractivity (Wildman–Crippen MR) is 107 cm³/mol. The summed E-state index contributed by atoms with van der Waals surface area (Å²) in [5.74, 6) is 0.287. The van der Waals surface area contributed by atoms with Crippen LogP contribution in [0.4, 0.5) is 0 Å². The van der Waals surface area contributed by atoms with Gasteiger partial charge in [-0.25, -0.2) is 0 Å². The van der Waals surface area contributed by atoms with E-state index in [9.17, 15) is 5.11 Å². The van der Waals surface area contributed by atoms with Gasteiger partial charge in [-0.3, -0.25) is 0 Å². The molecule has 27 heavy (non-hydrogen) atoms. The monoisotopic (exact) mass is 358 g/mol. The van der Waals surface area contributed by atoms with Crippen molar-refractivity contribution in [2.24, 2.45) is 5.73 Å². The lowest BCUT2D eigenvalue weighted by molar-refractivity contribution is 0.452. The number of phenolic OH excluding ortho intramolecular Hbond substituents is 1. The molecule has 0 amide bonds. The average Bonchev–Trinajstić information content (AvgIpc) is 3.12. The molecule has 0 radical (unpaired) electrons. The molecule has 0 unspecified atom stereocenters. The lowest BCUT2D eigenvalue weighted by Crippen LogP contribution is -2.22. The van der Waals surface area contributed by atoms with Crippen LogP contribution in [0.15, 0.2) is 66.7 Å². The highest BCUT2D eigenvalue weighted by molar-refractivity contribution is 5.73. The summed E-state index contributed by atoms with van der Waals surface area (Å²) in [7, 11) is 0. The van der Waals surface area contributed by atoms with Gasteiger partial charge in [0.1, 0.15) is 16.8 Å². The zero-order valence-corrected chi connectivity index (χ0v) is 15.4. The van der Waals surface area contributed by atoms with E-state index >= 15 is 0 Å². The molecule has 1 heterocycles. The molecule has 0 aliphatic heterocycles. The minimum Gasteiger partial charge on any atom is -0.508 e. The van der Waals surface area contributed by atoms with Crippen molar-refractivity contribution in [1.82, 2.24) is 15.0 Å². The van der Waals surface area contributed by atoms with Gasteiger partial charge in [0.15, 0.2) is 0 Å². The molecule has 0 saturated carbocycles. The summed E-state index contributed by atoms with van der Waals surface area (Å²) < 4.78 is 0. The molecule has 4 aromatic rings. The number of benzene rings is 3. The third kappa shape index (κ3) is 2.96. The van der Waals surface area contributed by atoms with E-state index in [1.165, 1.54) is 0 Å². The first-order valence-corrected chi connectivity index (χ1v) is 8.95. The van der Waals surface area contributed by atoms with Crippen LogP contribution >= 0.6 is 0 Å². The average molecular weight is 358 g/mol. The van der Waals surface area contributed by atoms with Crippen molar-refractivity contribution in [2.75, 3.05) is 0 Å². The Kier molecular flexibility index (Phi) is 4.16. The molecular weight excluding hydrogens is 336 g/mol. The number of aromatic nitrogens is 3. The topological polar surface area (TPSA) is 77.0 Å². The Morgan fingerprint density at radius 2 is 1.52 bits per heavy atom. The van der Waals surface area contributed by atoms with Crippen LogP contribution in [0.5, 0.6) is 5.75 Å². The summed E-state index contributed by atoms with van der Waals surface area (Å²) in [4.78, 5) is 1.64. The first kappa shape index (κ1) is 17.2. The van der Waals surface area contributed by atoms with Crippen molar-refractivity contribution in [1.29, 1.82) is 0 Å². The molecule has 0 aliphatic carbocycles. The maximum atomic E-state index is 10.3. The highest BCUT2D eigenvalue weighted by Gasteiger charge is 2.28. The number of hydrogen-bond acceptors (Lipinski definition) is 4. The van der Waals surface area contributed by atoms with E-state index < -0.39 is 0 Å². The van der Waals surface area contributed by atoms with Gasteiger partial charge < -0.3 is 10.8 Å². The lowest BCUT2D eigenvalue weighted by Gasteiger charge is -2.29. The van der Waals surface area contributed by atoms with Crippen molar-refractivity contribution in [3.63, 3.8) is 0 Å². The fourth-order valence-corrected chi connectivity index (χ4v) is 3.61. The van der Waals surface area contributed by atoms with Crippen LogP contribution in [0, 0.1) is 0 Å². The minimum atomic E-state index is -0.388. The molecule has 1 aromatic heterocycles. The van der Waals surface area contributed by atoms with E-state index in [0.717, 1.165) is 33.4 Å². The Morgan fingerprint density at radius 1 is 0.889 bits per heavy atom. The zero-order chi connectivity index (χ0) is 19.0. The summed E-state index contributed by atoms with van der Waals surface area (Å²) in [6.45, 7) is 4.58. The van der Waals surface area contributed by atoms with Gasteiger partial charge in [-0.2, -0.15) is 4.80 Å². The van der Waals surface area contributed by atoms with Crippen LogP contribution in [0.3, 0.4) is 0 Å². The molecule has 0 saturated heterocycles. The molecule has 3 N–H and O–H groups in total. The van der Waals surface area contributed by atoms with Crippen LogP contribution < -0.4 is 5.73 Å². The van der Waals surface area contributed by atoms with Crippen LogP contribution in [-0.2, 0) is 12.0 Å². The van der Waals surface area contributed by atoms with Gasteiger partial charge in [0.25, 0.3) is 0 Å². The number of phenols is 1. The third-order valence-electron chi connectivity index (χ3n) is 5.08. The molecule has 5 heteroatoms. The van der Waals surface area contributed by atoms with Gasteiger partial charge in [-0.1, -0.05) is 50.2 Å². The number of hydrogen-bond donors (Lipinski definition) is 2. The van der Waals surface area contributed by atoms with Crippen LogP contribution in [-0.4, -0.2) is 20.1 Å². The van der Waals surface area contributed by atoms with Gasteiger partial charge >= 0.3 is 0 Å². The molecule has 4 rings (SSSR count). The summed E-state index contributed by atoms with van der Waals surface area (Å²) >= 11 is 0. The normalized spacial score (nSPS) is 11.8. The minimum absolute atomic E-state index is 0.287. The molecular formula is C22H22N4O. The van der Waals surface area contributed by atoms with E-state index in [-0.39, 0.29) is 11.2 Å². The number of fused-ring (bicyclic) bond motifs is 1. The van der Waals surface area contributed by atoms with Crippen molar-refractivity contribution >= 4 is 11.0 Å². The van der Waals surface area contributed by atoms with E-state index in [4.69, 9.17) is 5.73 Å². The zero-order valence-electron chi connectivity index (χ0n) is 15.4. The number of aromatic hydroxyl groups is 1. The fraction of sp³-hybridized carbons (Fsp3) is 0.182. The summed E-state index contributed by atoms with van der Waals surface area (Å²) in [5, 5.41) is 19.4. The Labute approximate surface area is 158 Å². The van der Waals surface area contributed by atoms with Crippen molar-refractivity contribution in [3.05, 3.63) is 83.4 Å². The summed E-state index contributed by atoms with van der Waals surface area (Å²) in [6, 6.07) is 21.3. The molecule has 0 aliphatic rings. The molecule has 5 nitrogen and oxygen atoms in total. The molecule has 136 valence electrons. The van der Waals surface area contributed by atoms with Gasteiger partial charge in [0.2, 0.25) is 0 Å². The lowest BCUT2D eigenvalue weighted by atomic mass is 9.75. The number of nitrogens with two attached hydrogens (primary N) is 1. The highest BCUT2D eigenvalue weighted by atomic mass is 16.3. The molecule has 0 fully saturated rings. The SMILES string of the molecule is CC(C)(c1ccccc1O)c1ccc(-n2nc3ccccc3n2)cc1CN. The second-order valence-electron chi connectivity index (χ2n) is 7.17. The molecule has 3 aromatic carbocycles. The van der Waals surface area contributed by atoms with E-state index in [2.05, 4.69) is 30.1 Å². The molecule has 0 spiro atoms. The molecule has 0 bridgehead atoms. The predicted octanol–water partition coefficient (Wildman–Crippen LogP) is 3.91. The van der Waals surface area contributed by atoms with Crippen molar-refractivity contribution in [2.45, 2.75) is 25.8 Å². The van der Waals surface area contributed by atoms with Gasteiger partial charge in [0.05, 0.1) is 5.69 Å². The van der Waals surface area contributed by atoms with E-state index in [1.54, 1.807) is 10.9 Å². The van der Waals surface area contributed by atoms with Gasteiger partial charge in [-0.15, -0.1) is 10.2 Å². The first-order valence-electron chi connectivity index (χ1n) is 8.95. The van der Waals surface area contributed by atoms with Crippen LogP contribution in [0.1, 0.15) is 30.5 Å². The standard InChI is InChI=1S/C22H22N4O/c1-22(2,18-7-3-6-10-21(18)27)17-12-11-16(13-15(17)14-23)26-24-19-8-4-5-9-20(19)25-26/h3-13,27H,14,23H2,1-2H3. The number of para-hydroxylation sites is 1. The Bertz CT molecular complexity index is 1080. The van der Waals surface area contributed by atoms with E-state index in [0.29, 0.717) is 6.54 Å². The summed E-state index contributed by atoms with van der Waals surface area (Å²) in [6.07, 6.45) is 0. The van der Waals surface area contributed by atoms with E-state index in [1.807, 2.05) is 54.6 Å². The maximum absolute atomic E-state index is 10.3. The highest BCUT2D eigenvalue weighted by Crippen LogP contribution is 2.38. The smallest absolute Gasteiger partial charge is 0.119 e. The first-order chi connectivity index (χ1) is 13.0. The van der Waals surface area contributed by atoms with Crippen molar-refractivity contribution < 1.29 is 5.11 Å². The Morgan fingerprint density at radius 3 is 2.15 bits per heavy atom. The number of rotatable bonds is 4. The van der Waals surface area contributed by atoms with Gasteiger partial charge in [-0.05, 0) is 41.5 Å². The second-order valence-corrected chi connectivity index (χ2v) is 7.17. The van der Waals surface area contributed by atoms with Crippen LogP contribution in [0.2, 0.25) is 0 Å². The quantitative estimate of drug-likeness (QED) is 0.580. The summed E-state index contributed by atoms with van der Waals surface area (Å²) in [5.41, 5.74) is 11.2. The molecule has 0 atom stereocenters. The second kappa shape index (κ2) is 6.52. The Hall–Kier alpha value is -3.18. The van der Waals surface area contributed by atoms with Gasteiger partial charge in [0, 0.05) is 17.5 Å². The largest absolute Gasteiger partial charge is 0.508 e.